The molecular formula is C18H21N5O2. The summed E-state index contributed by atoms with van der Waals surface area (Å²) in [4.78, 5) is 12.2. The molecule has 1 amide bonds. The van der Waals surface area contributed by atoms with Gasteiger partial charge in [-0.2, -0.15) is 10.2 Å². The number of amides is 1. The molecule has 0 fully saturated rings. The maximum atomic E-state index is 12.2. The average molecular weight is 339 g/mol. The van der Waals surface area contributed by atoms with Crippen LogP contribution in [0.2, 0.25) is 0 Å². The van der Waals surface area contributed by atoms with E-state index in [0.29, 0.717) is 12.2 Å². The van der Waals surface area contributed by atoms with Crippen molar-refractivity contribution in [3.8, 4) is 5.75 Å². The summed E-state index contributed by atoms with van der Waals surface area (Å²) in [5, 5.41) is 11.4. The fourth-order valence-corrected chi connectivity index (χ4v) is 2.50. The van der Waals surface area contributed by atoms with E-state index in [0.717, 1.165) is 22.6 Å². The molecule has 2 aromatic heterocycles. The van der Waals surface area contributed by atoms with Crippen molar-refractivity contribution in [3.63, 3.8) is 0 Å². The summed E-state index contributed by atoms with van der Waals surface area (Å²) in [5.41, 5.74) is 3.30. The summed E-state index contributed by atoms with van der Waals surface area (Å²) in [6.45, 7) is 4.57. The van der Waals surface area contributed by atoms with Crippen LogP contribution in [0.3, 0.4) is 0 Å². The number of nitrogens with zero attached hydrogens (tertiary/aromatic N) is 4. The Morgan fingerprint density at radius 1 is 1.20 bits per heavy atom. The molecule has 0 bridgehead atoms. The Morgan fingerprint density at radius 2 is 2.00 bits per heavy atom. The van der Waals surface area contributed by atoms with Gasteiger partial charge in [0.1, 0.15) is 11.4 Å². The molecule has 0 aliphatic heterocycles. The highest BCUT2D eigenvalue weighted by Crippen LogP contribution is 2.16. The highest BCUT2D eigenvalue weighted by molar-refractivity contribution is 5.92. The number of benzene rings is 1. The van der Waals surface area contributed by atoms with Crippen molar-refractivity contribution in [2.45, 2.75) is 27.1 Å². The molecule has 3 aromatic rings. The quantitative estimate of drug-likeness (QED) is 0.747. The van der Waals surface area contributed by atoms with Crippen LogP contribution in [0.1, 0.15) is 27.3 Å². The second-order valence-corrected chi connectivity index (χ2v) is 5.88. The summed E-state index contributed by atoms with van der Waals surface area (Å²) in [6.07, 6.45) is 3.62. The third kappa shape index (κ3) is 4.06. The molecular weight excluding hydrogens is 318 g/mol. The summed E-state index contributed by atoms with van der Waals surface area (Å²) < 4.78 is 9.05. The number of para-hydroxylation sites is 1. The molecule has 3 rings (SSSR count). The van der Waals surface area contributed by atoms with Crippen LogP contribution in [0.4, 0.5) is 0 Å². The van der Waals surface area contributed by atoms with Gasteiger partial charge in [0.25, 0.3) is 5.91 Å². The van der Waals surface area contributed by atoms with Crippen LogP contribution in [0.5, 0.6) is 5.75 Å². The van der Waals surface area contributed by atoms with E-state index in [2.05, 4.69) is 15.5 Å². The van der Waals surface area contributed by atoms with Gasteiger partial charge in [-0.05, 0) is 31.5 Å². The van der Waals surface area contributed by atoms with E-state index < -0.39 is 0 Å². The van der Waals surface area contributed by atoms with Gasteiger partial charge in [-0.3, -0.25) is 9.48 Å². The Kier molecular flexibility index (Phi) is 4.83. The Labute approximate surface area is 146 Å². The Hall–Kier alpha value is -3.09. The third-order valence-electron chi connectivity index (χ3n) is 3.87. The van der Waals surface area contributed by atoms with Crippen LogP contribution >= 0.6 is 0 Å². The molecule has 0 radical (unpaired) electrons. The molecule has 7 nitrogen and oxygen atoms in total. The second-order valence-electron chi connectivity index (χ2n) is 5.88. The van der Waals surface area contributed by atoms with E-state index in [1.54, 1.807) is 21.6 Å². The predicted molar refractivity (Wildman–Crippen MR) is 93.1 cm³/mol. The van der Waals surface area contributed by atoms with Crippen LogP contribution in [0.15, 0.2) is 42.7 Å². The number of rotatable bonds is 6. The normalized spacial score (nSPS) is 10.7. The zero-order chi connectivity index (χ0) is 17.8. The van der Waals surface area contributed by atoms with E-state index in [4.69, 9.17) is 4.74 Å². The van der Waals surface area contributed by atoms with Gasteiger partial charge in [0.05, 0.1) is 5.69 Å². The Balaban J connectivity index is 1.56. The lowest BCUT2D eigenvalue weighted by atomic mass is 10.2. The predicted octanol–water partition coefficient (Wildman–Crippen LogP) is 2.20. The van der Waals surface area contributed by atoms with E-state index in [1.807, 2.05) is 51.4 Å². The molecule has 0 spiro atoms. The largest absolute Gasteiger partial charge is 0.471 e. The highest BCUT2D eigenvalue weighted by atomic mass is 16.5. The van der Waals surface area contributed by atoms with E-state index in [1.165, 1.54) is 0 Å². The molecule has 1 aromatic carbocycles. The molecule has 0 aliphatic rings. The van der Waals surface area contributed by atoms with Gasteiger partial charge in [0.15, 0.2) is 6.73 Å². The number of nitrogens with one attached hydrogen (secondary N) is 1. The van der Waals surface area contributed by atoms with Crippen LogP contribution in [0, 0.1) is 13.8 Å². The van der Waals surface area contributed by atoms with Crippen molar-refractivity contribution in [2.24, 2.45) is 7.05 Å². The zero-order valence-corrected chi connectivity index (χ0v) is 14.6. The lowest BCUT2D eigenvalue weighted by Gasteiger charge is -2.08. The smallest absolute Gasteiger partial charge is 0.272 e. The minimum absolute atomic E-state index is 0.224. The molecule has 0 atom stereocenters. The molecule has 7 heteroatoms. The number of aryl methyl sites for hydroxylation is 3. The lowest BCUT2D eigenvalue weighted by Crippen LogP contribution is -2.23. The van der Waals surface area contributed by atoms with Crippen LogP contribution < -0.4 is 10.1 Å². The minimum Gasteiger partial charge on any atom is -0.471 e. The highest BCUT2D eigenvalue weighted by Gasteiger charge is 2.11. The van der Waals surface area contributed by atoms with Gasteiger partial charge in [0.2, 0.25) is 0 Å². The van der Waals surface area contributed by atoms with Crippen molar-refractivity contribution in [1.29, 1.82) is 0 Å². The standard InChI is InChI=1S/C18H21N5O2/c1-13-6-4-5-7-17(13)25-12-23-9-8-16(21-23)18(24)19-10-15-11-22(3)20-14(15)2/h4-9,11H,10,12H2,1-3H3,(H,19,24). The summed E-state index contributed by atoms with van der Waals surface area (Å²) in [6, 6.07) is 9.44. The van der Waals surface area contributed by atoms with Crippen LogP contribution in [-0.4, -0.2) is 25.5 Å². The zero-order valence-electron chi connectivity index (χ0n) is 14.6. The lowest BCUT2D eigenvalue weighted by molar-refractivity contribution is 0.0944. The van der Waals surface area contributed by atoms with E-state index in [9.17, 15) is 4.79 Å². The first-order chi connectivity index (χ1) is 12.0. The molecule has 0 unspecified atom stereocenters. The SMILES string of the molecule is Cc1ccccc1OCn1ccc(C(=O)NCc2cn(C)nc2C)n1. The van der Waals surface area contributed by atoms with Gasteiger partial charge in [0, 0.05) is 31.5 Å². The number of aromatic nitrogens is 4. The molecule has 1 N–H and O–H groups in total. The van der Waals surface area contributed by atoms with Gasteiger partial charge in [-0.1, -0.05) is 18.2 Å². The van der Waals surface area contributed by atoms with Gasteiger partial charge in [-0.15, -0.1) is 0 Å². The van der Waals surface area contributed by atoms with Crippen molar-refractivity contribution in [2.75, 3.05) is 0 Å². The van der Waals surface area contributed by atoms with Gasteiger partial charge >= 0.3 is 0 Å². The van der Waals surface area contributed by atoms with Crippen molar-refractivity contribution in [1.82, 2.24) is 24.9 Å². The number of hydrogen-bond donors (Lipinski definition) is 1. The van der Waals surface area contributed by atoms with E-state index >= 15 is 0 Å². The van der Waals surface area contributed by atoms with Crippen molar-refractivity contribution in [3.05, 3.63) is 65.2 Å². The first-order valence-electron chi connectivity index (χ1n) is 8.02. The third-order valence-corrected chi connectivity index (χ3v) is 3.87. The Bertz CT molecular complexity index is 881. The first kappa shape index (κ1) is 16.8. The maximum absolute atomic E-state index is 12.2. The monoisotopic (exact) mass is 339 g/mol. The second kappa shape index (κ2) is 7.21. The fourth-order valence-electron chi connectivity index (χ4n) is 2.50. The van der Waals surface area contributed by atoms with Crippen LogP contribution in [-0.2, 0) is 20.3 Å². The molecule has 0 saturated carbocycles. The maximum Gasteiger partial charge on any atom is 0.272 e. The first-order valence-corrected chi connectivity index (χ1v) is 8.02. The average Bonchev–Trinajstić information content (AvgIpc) is 3.18. The fraction of sp³-hybridized carbons (Fsp3) is 0.278. The van der Waals surface area contributed by atoms with Crippen molar-refractivity contribution < 1.29 is 9.53 Å². The molecule has 130 valence electrons. The number of carbonyl (C=O) groups is 1. The number of hydrogen-bond acceptors (Lipinski definition) is 4. The molecule has 0 saturated heterocycles. The number of ether oxygens (including phenoxy) is 1. The topological polar surface area (TPSA) is 74.0 Å². The van der Waals surface area contributed by atoms with E-state index in [-0.39, 0.29) is 12.6 Å². The summed E-state index contributed by atoms with van der Waals surface area (Å²) in [5.74, 6) is 0.578. The Morgan fingerprint density at radius 3 is 2.72 bits per heavy atom. The number of carbonyl (C=O) groups excluding carboxylic acids is 1. The summed E-state index contributed by atoms with van der Waals surface area (Å²) in [7, 11) is 1.86. The summed E-state index contributed by atoms with van der Waals surface area (Å²) >= 11 is 0. The van der Waals surface area contributed by atoms with Gasteiger partial charge in [-0.25, -0.2) is 4.68 Å². The molecule has 0 aliphatic carbocycles. The minimum atomic E-state index is -0.224. The van der Waals surface area contributed by atoms with Gasteiger partial charge < -0.3 is 10.1 Å². The van der Waals surface area contributed by atoms with Crippen molar-refractivity contribution >= 4 is 5.91 Å². The van der Waals surface area contributed by atoms with Crippen LogP contribution in [0.25, 0.3) is 0 Å². The molecule has 2 heterocycles. The molecule has 25 heavy (non-hydrogen) atoms.